The highest BCUT2D eigenvalue weighted by atomic mass is 35.5. The number of nitrogens with zero attached hydrogens (tertiary/aromatic N) is 4. The molecule has 11 heteroatoms. The Hall–Kier alpha value is -3.21. The lowest BCUT2D eigenvalue weighted by Crippen LogP contribution is -2.31. The Morgan fingerprint density at radius 2 is 2.03 bits per heavy atom. The predicted octanol–water partition coefficient (Wildman–Crippen LogP) is 5.34. The van der Waals surface area contributed by atoms with Crippen molar-refractivity contribution in [3.63, 3.8) is 0 Å². The molecule has 1 unspecified atom stereocenters. The third-order valence-corrected chi connectivity index (χ3v) is 7.57. The molecule has 1 N–H and O–H groups in total. The van der Waals surface area contributed by atoms with E-state index in [2.05, 4.69) is 15.0 Å². The average molecular weight is 501 g/mol. The molecule has 0 aliphatic carbocycles. The molecule has 1 aliphatic heterocycles. The fourth-order valence-electron chi connectivity index (χ4n) is 3.77. The predicted molar refractivity (Wildman–Crippen MR) is 125 cm³/mol. The number of ketones is 1. The number of hydrogen-bond donors (Lipinski definition) is 1. The molecular weight excluding hydrogens is 487 g/mol. The summed E-state index contributed by atoms with van der Waals surface area (Å²) in [6.07, 6.45) is 3.08. The summed E-state index contributed by atoms with van der Waals surface area (Å²) < 4.78 is 14.4. The Balaban J connectivity index is 1.69. The van der Waals surface area contributed by atoms with Crippen LogP contribution in [0.15, 0.2) is 48.0 Å². The molecule has 0 radical (unpaired) electrons. The second kappa shape index (κ2) is 7.98. The van der Waals surface area contributed by atoms with Gasteiger partial charge in [0.1, 0.15) is 5.82 Å². The highest BCUT2D eigenvalue weighted by Gasteiger charge is 2.46. The van der Waals surface area contributed by atoms with Crippen molar-refractivity contribution in [1.82, 2.24) is 15.0 Å². The number of anilines is 1. The average Bonchev–Trinajstić information content (AvgIpc) is 3.42. The monoisotopic (exact) mass is 500 g/mol. The van der Waals surface area contributed by atoms with Crippen LogP contribution in [0.1, 0.15) is 32.0 Å². The number of aromatic nitrogens is 3. The first-order chi connectivity index (χ1) is 15.8. The van der Waals surface area contributed by atoms with E-state index in [0.717, 1.165) is 11.3 Å². The Kier molecular flexibility index (Phi) is 5.23. The van der Waals surface area contributed by atoms with Gasteiger partial charge in [0.25, 0.3) is 5.91 Å². The molecule has 4 aromatic rings. The van der Waals surface area contributed by atoms with Gasteiger partial charge in [-0.3, -0.25) is 19.5 Å². The van der Waals surface area contributed by atoms with Gasteiger partial charge in [0.05, 0.1) is 42.4 Å². The van der Waals surface area contributed by atoms with Crippen LogP contribution in [0.5, 0.6) is 0 Å². The Labute approximate surface area is 199 Å². The molecule has 166 valence electrons. The van der Waals surface area contributed by atoms with Crippen LogP contribution in [-0.2, 0) is 4.79 Å². The van der Waals surface area contributed by atoms with Crippen molar-refractivity contribution in [3.8, 4) is 0 Å². The maximum absolute atomic E-state index is 14.0. The number of carbonyl (C=O) groups excluding carboxylic acids is 2. The number of amides is 1. The van der Waals surface area contributed by atoms with Crippen molar-refractivity contribution in [2.24, 2.45) is 0 Å². The van der Waals surface area contributed by atoms with Gasteiger partial charge in [-0.05, 0) is 37.6 Å². The van der Waals surface area contributed by atoms with Crippen molar-refractivity contribution in [3.05, 3.63) is 80.0 Å². The fraction of sp³-hybridized carbons (Fsp3) is 0.136. The van der Waals surface area contributed by atoms with Crippen LogP contribution in [0.3, 0.4) is 0 Å². The first-order valence-corrected chi connectivity index (χ1v) is 11.7. The second-order valence-electron chi connectivity index (χ2n) is 7.33. The van der Waals surface area contributed by atoms with Crippen LogP contribution >= 0.6 is 34.3 Å². The van der Waals surface area contributed by atoms with Crippen LogP contribution in [0.4, 0.5) is 9.52 Å². The third-order valence-electron chi connectivity index (χ3n) is 5.19. The molecule has 1 aliphatic rings. The van der Waals surface area contributed by atoms with Crippen LogP contribution in [0.2, 0.25) is 5.02 Å². The number of aliphatic hydroxyl groups excluding tert-OH is 1. The van der Waals surface area contributed by atoms with E-state index >= 15 is 0 Å². The highest BCUT2D eigenvalue weighted by molar-refractivity contribution is 7.22. The van der Waals surface area contributed by atoms with Crippen molar-refractivity contribution < 1.29 is 19.1 Å². The number of aliphatic hydroxyl groups is 1. The normalized spacial score (nSPS) is 16.3. The molecule has 0 spiro atoms. The van der Waals surface area contributed by atoms with Crippen LogP contribution in [0, 0.1) is 19.7 Å². The van der Waals surface area contributed by atoms with Gasteiger partial charge in [0, 0.05) is 12.4 Å². The molecule has 0 saturated carbocycles. The quantitative estimate of drug-likeness (QED) is 0.380. The molecule has 1 aromatic carbocycles. The van der Waals surface area contributed by atoms with Gasteiger partial charge in [-0.1, -0.05) is 29.0 Å². The van der Waals surface area contributed by atoms with Gasteiger partial charge >= 0.3 is 0 Å². The Morgan fingerprint density at radius 1 is 1.24 bits per heavy atom. The highest BCUT2D eigenvalue weighted by Crippen LogP contribution is 2.45. The van der Waals surface area contributed by atoms with Gasteiger partial charge < -0.3 is 5.11 Å². The van der Waals surface area contributed by atoms with E-state index in [1.54, 1.807) is 32.2 Å². The van der Waals surface area contributed by atoms with Gasteiger partial charge in [0.2, 0.25) is 5.78 Å². The topological polar surface area (TPSA) is 96.3 Å². The van der Waals surface area contributed by atoms with E-state index in [1.165, 1.54) is 34.6 Å². The van der Waals surface area contributed by atoms with E-state index in [-0.39, 0.29) is 15.7 Å². The summed E-state index contributed by atoms with van der Waals surface area (Å²) in [6.45, 7) is 3.48. The van der Waals surface area contributed by atoms with E-state index in [1.807, 2.05) is 0 Å². The summed E-state index contributed by atoms with van der Waals surface area (Å²) in [6, 6.07) is 5.01. The zero-order valence-corrected chi connectivity index (χ0v) is 19.6. The lowest BCUT2D eigenvalue weighted by atomic mass is 9.96. The number of carbonyl (C=O) groups is 2. The lowest BCUT2D eigenvalue weighted by molar-refractivity contribution is -0.117. The summed E-state index contributed by atoms with van der Waals surface area (Å²) in [5.41, 5.74) is 1.35. The molecule has 33 heavy (non-hydrogen) atoms. The van der Waals surface area contributed by atoms with Crippen molar-refractivity contribution in [2.75, 3.05) is 4.90 Å². The van der Waals surface area contributed by atoms with Crippen molar-refractivity contribution in [2.45, 2.75) is 19.9 Å². The number of halogens is 2. The zero-order valence-electron chi connectivity index (χ0n) is 17.2. The number of thiazole rings is 2. The first kappa shape index (κ1) is 21.6. The van der Waals surface area contributed by atoms with Gasteiger partial charge in [-0.15, -0.1) is 11.3 Å². The van der Waals surface area contributed by atoms with Gasteiger partial charge in [-0.2, -0.15) is 0 Å². The minimum absolute atomic E-state index is 0.0804. The maximum Gasteiger partial charge on any atom is 0.296 e. The van der Waals surface area contributed by atoms with Crippen molar-refractivity contribution in [1.29, 1.82) is 0 Å². The summed E-state index contributed by atoms with van der Waals surface area (Å²) in [5.74, 6) is -2.54. The fourth-order valence-corrected chi connectivity index (χ4v) is 5.80. The smallest absolute Gasteiger partial charge is 0.296 e. The first-order valence-electron chi connectivity index (χ1n) is 9.67. The number of rotatable bonds is 4. The largest absolute Gasteiger partial charge is 0.503 e. The Bertz CT molecular complexity index is 1440. The molecule has 7 nitrogen and oxygen atoms in total. The minimum Gasteiger partial charge on any atom is -0.503 e. The maximum atomic E-state index is 14.0. The standard InChI is InChI=1S/C22H14ClFN4O3S2/c1-9-20(32-10(2)26-9)18(29)16-17(11-4-3-5-25-8-11)28(21(31)19(16)30)22-27-14-6-12(23)13(24)7-15(14)33-22/h3-8,17,30H,1-2H3. The summed E-state index contributed by atoms with van der Waals surface area (Å²) >= 11 is 8.13. The minimum atomic E-state index is -0.971. The zero-order chi connectivity index (χ0) is 23.4. The van der Waals surface area contributed by atoms with E-state index in [4.69, 9.17) is 11.6 Å². The molecule has 4 heterocycles. The van der Waals surface area contributed by atoms with E-state index in [0.29, 0.717) is 31.4 Å². The SMILES string of the molecule is Cc1nc(C)c(C(=O)C2=C(O)C(=O)N(c3nc4cc(Cl)c(F)cc4s3)C2c2cccnc2)s1. The summed E-state index contributed by atoms with van der Waals surface area (Å²) in [4.78, 5) is 41.2. The van der Waals surface area contributed by atoms with E-state index in [9.17, 15) is 19.1 Å². The molecule has 0 fully saturated rings. The summed E-state index contributed by atoms with van der Waals surface area (Å²) in [5, 5.41) is 11.6. The molecule has 3 aromatic heterocycles. The van der Waals surface area contributed by atoms with Crippen molar-refractivity contribution >= 4 is 61.3 Å². The molecule has 0 saturated heterocycles. The third kappa shape index (κ3) is 3.50. The van der Waals surface area contributed by atoms with Crippen LogP contribution in [0.25, 0.3) is 10.2 Å². The molecule has 0 bridgehead atoms. The van der Waals surface area contributed by atoms with E-state index < -0.39 is 29.3 Å². The number of benzene rings is 1. The molecular formula is C22H14ClFN4O3S2. The second-order valence-corrected chi connectivity index (χ2v) is 9.95. The molecule has 1 amide bonds. The number of hydrogen-bond acceptors (Lipinski definition) is 8. The summed E-state index contributed by atoms with van der Waals surface area (Å²) in [7, 11) is 0. The molecule has 1 atom stereocenters. The van der Waals surface area contributed by atoms with Crippen LogP contribution in [-0.4, -0.2) is 31.7 Å². The van der Waals surface area contributed by atoms with Crippen LogP contribution < -0.4 is 4.90 Å². The van der Waals surface area contributed by atoms with Gasteiger partial charge in [-0.25, -0.2) is 14.4 Å². The molecule has 5 rings (SSSR count). The number of Topliss-reactive ketones (excluding diaryl/α,β-unsaturated/α-hetero) is 1. The number of fused-ring (bicyclic) bond motifs is 1. The Morgan fingerprint density at radius 3 is 2.70 bits per heavy atom. The lowest BCUT2D eigenvalue weighted by Gasteiger charge is -2.24. The number of aryl methyl sites for hydroxylation is 2. The number of pyridine rings is 1. The van der Waals surface area contributed by atoms with Gasteiger partial charge in [0.15, 0.2) is 10.9 Å².